The summed E-state index contributed by atoms with van der Waals surface area (Å²) >= 11 is 0. The predicted molar refractivity (Wildman–Crippen MR) is 156 cm³/mol. The number of nitrogens with zero attached hydrogens (tertiary/aromatic N) is 1. The Kier molecular flexibility index (Phi) is 10.2. The first-order chi connectivity index (χ1) is 19.0. The number of hydrogen-bond acceptors (Lipinski definition) is 3. The maximum atomic E-state index is 13.7. The number of hydrogen-bond donors (Lipinski definition) is 1. The fourth-order valence-corrected chi connectivity index (χ4v) is 4.81. The van der Waals surface area contributed by atoms with Crippen molar-refractivity contribution in [2.45, 2.75) is 76.7 Å². The molecule has 5 nitrogen and oxygen atoms in total. The van der Waals surface area contributed by atoms with E-state index in [0.29, 0.717) is 24.3 Å². The van der Waals surface area contributed by atoms with Crippen molar-refractivity contribution >= 4 is 19.7 Å². The summed E-state index contributed by atoms with van der Waals surface area (Å²) in [6, 6.07) is 24.2. The largest absolute Gasteiger partial charge is 0.493 e. The second-order valence-electron chi connectivity index (χ2n) is 10.4. The first kappa shape index (κ1) is 28.5. The van der Waals surface area contributed by atoms with E-state index in [4.69, 9.17) is 17.7 Å². The highest BCUT2D eigenvalue weighted by atomic mass is 16.5. The molecule has 1 atom stereocenters. The molecule has 1 unspecified atom stereocenters. The summed E-state index contributed by atoms with van der Waals surface area (Å²) in [6.07, 6.45) is 7.71. The third-order valence-corrected chi connectivity index (χ3v) is 7.24. The van der Waals surface area contributed by atoms with Crippen molar-refractivity contribution in [3.8, 4) is 16.9 Å². The Hall–Kier alpha value is -3.54. The molecule has 202 valence electrons. The van der Waals surface area contributed by atoms with E-state index < -0.39 is 11.9 Å². The zero-order chi connectivity index (χ0) is 27.6. The number of aryl methyl sites for hydroxylation is 1. The molecule has 1 aliphatic rings. The van der Waals surface area contributed by atoms with Crippen molar-refractivity contribution in [3.63, 3.8) is 0 Å². The van der Waals surface area contributed by atoms with Gasteiger partial charge in [0.25, 0.3) is 5.91 Å². The van der Waals surface area contributed by atoms with Crippen molar-refractivity contribution in [1.82, 2.24) is 4.90 Å². The molecule has 4 rings (SSSR count). The first-order valence-corrected chi connectivity index (χ1v) is 14.2. The highest BCUT2D eigenvalue weighted by Gasteiger charge is 2.37. The van der Waals surface area contributed by atoms with E-state index >= 15 is 0 Å². The summed E-state index contributed by atoms with van der Waals surface area (Å²) in [7, 11) is 6.73. The van der Waals surface area contributed by atoms with Crippen LogP contribution in [0.1, 0.15) is 85.7 Å². The number of rotatable bonds is 15. The van der Waals surface area contributed by atoms with Crippen LogP contribution >= 0.6 is 0 Å². The molecule has 0 saturated heterocycles. The minimum Gasteiger partial charge on any atom is -0.493 e. The Bertz CT molecular complexity index is 1220. The van der Waals surface area contributed by atoms with Crippen LogP contribution in [0.2, 0.25) is 0 Å². The lowest BCUT2D eigenvalue weighted by molar-refractivity contribution is -0.137. The second kappa shape index (κ2) is 14.0. The molecule has 1 N–H and O–H groups in total. The third-order valence-electron chi connectivity index (χ3n) is 7.24. The van der Waals surface area contributed by atoms with Crippen molar-refractivity contribution in [3.05, 3.63) is 89.5 Å². The van der Waals surface area contributed by atoms with Gasteiger partial charge in [-0.1, -0.05) is 67.9 Å². The van der Waals surface area contributed by atoms with Gasteiger partial charge in [0.05, 0.1) is 6.61 Å². The molecular weight excluding hydrogens is 485 g/mol. The molecule has 2 radical (unpaired) electrons. The van der Waals surface area contributed by atoms with E-state index in [-0.39, 0.29) is 18.4 Å². The molecule has 1 fully saturated rings. The van der Waals surface area contributed by atoms with Crippen molar-refractivity contribution in [2.75, 3.05) is 6.61 Å². The summed E-state index contributed by atoms with van der Waals surface area (Å²) in [4.78, 5) is 26.2. The number of ether oxygens (including phenoxy) is 1. The Labute approximate surface area is 233 Å². The molecule has 0 aromatic heterocycles. The van der Waals surface area contributed by atoms with Crippen LogP contribution in [0.4, 0.5) is 0 Å². The summed E-state index contributed by atoms with van der Waals surface area (Å²) in [5, 5.41) is 8.80. The zero-order valence-corrected chi connectivity index (χ0v) is 22.9. The van der Waals surface area contributed by atoms with Crippen LogP contribution in [0.5, 0.6) is 5.75 Å². The predicted octanol–water partition coefficient (Wildman–Crippen LogP) is 7.19. The fraction of sp³-hybridized carbons (Fsp3) is 0.394. The summed E-state index contributed by atoms with van der Waals surface area (Å²) < 4.78 is 6.03. The average molecular weight is 523 g/mol. The number of amides is 1. The summed E-state index contributed by atoms with van der Waals surface area (Å²) in [6.45, 7) is 2.68. The molecule has 6 heteroatoms. The van der Waals surface area contributed by atoms with E-state index in [2.05, 4.69) is 31.2 Å². The van der Waals surface area contributed by atoms with Gasteiger partial charge < -0.3 is 14.7 Å². The number of carbonyl (C=O) groups is 2. The summed E-state index contributed by atoms with van der Waals surface area (Å²) in [5.41, 5.74) is 4.97. The van der Waals surface area contributed by atoms with E-state index in [1.54, 1.807) is 4.90 Å². The molecule has 1 amide bonds. The van der Waals surface area contributed by atoms with Crippen LogP contribution in [0.15, 0.2) is 72.8 Å². The number of benzene rings is 3. The van der Waals surface area contributed by atoms with Crippen LogP contribution < -0.4 is 4.74 Å². The SMILES string of the molecule is [B]C(c1ccccc1OCCCCCC(=O)O)N(C(=O)c1ccc(-c2ccc(CCCC)cc2)cc1)C1CC1. The molecule has 0 spiro atoms. The Balaban J connectivity index is 1.42. The molecular formula is C33H38BNO4. The lowest BCUT2D eigenvalue weighted by Crippen LogP contribution is -2.37. The van der Waals surface area contributed by atoms with Crippen LogP contribution in [-0.4, -0.2) is 42.4 Å². The highest BCUT2D eigenvalue weighted by Crippen LogP contribution is 2.37. The van der Waals surface area contributed by atoms with Gasteiger partial charge in [-0.15, -0.1) is 0 Å². The quantitative estimate of drug-likeness (QED) is 0.169. The van der Waals surface area contributed by atoms with Crippen LogP contribution in [-0.2, 0) is 11.2 Å². The fourth-order valence-electron chi connectivity index (χ4n) is 4.81. The smallest absolute Gasteiger partial charge is 0.303 e. The molecule has 1 saturated carbocycles. The van der Waals surface area contributed by atoms with Crippen LogP contribution in [0, 0.1) is 0 Å². The maximum absolute atomic E-state index is 13.7. The van der Waals surface area contributed by atoms with Crippen molar-refractivity contribution < 1.29 is 19.4 Å². The van der Waals surface area contributed by atoms with Gasteiger partial charge in [0.15, 0.2) is 0 Å². The van der Waals surface area contributed by atoms with Crippen molar-refractivity contribution in [1.29, 1.82) is 0 Å². The van der Waals surface area contributed by atoms with E-state index in [9.17, 15) is 9.59 Å². The summed E-state index contributed by atoms with van der Waals surface area (Å²) in [5.74, 6) is -0.805. The minimum atomic E-state index is -0.775. The molecule has 39 heavy (non-hydrogen) atoms. The standard InChI is InChI=1S/C33H38BNO4/c1-2-3-9-24-13-15-25(16-14-24)26-17-19-27(20-18-26)33(38)35(28-21-22-28)32(34)29-10-6-7-11-30(29)39-23-8-4-5-12-31(36)37/h6-7,10-11,13-20,28,32H,2-5,8-9,12,21-23H2,1H3,(H,36,37). The normalized spacial score (nSPS) is 13.6. The number of carboxylic acid groups (broad SMARTS) is 1. The van der Waals surface area contributed by atoms with Gasteiger partial charge in [-0.25, -0.2) is 0 Å². The first-order valence-electron chi connectivity index (χ1n) is 14.2. The number of carbonyl (C=O) groups excluding carboxylic acids is 1. The van der Waals surface area contributed by atoms with Crippen LogP contribution in [0.3, 0.4) is 0 Å². The second-order valence-corrected chi connectivity index (χ2v) is 10.4. The Morgan fingerprint density at radius 1 is 0.923 bits per heavy atom. The number of aliphatic carboxylic acids is 1. The lowest BCUT2D eigenvalue weighted by atomic mass is 9.86. The van der Waals surface area contributed by atoms with Gasteiger partial charge in [-0.2, -0.15) is 0 Å². The average Bonchev–Trinajstić information content (AvgIpc) is 3.79. The molecule has 3 aromatic carbocycles. The lowest BCUT2D eigenvalue weighted by Gasteiger charge is -2.31. The number of unbranched alkanes of at least 4 members (excludes halogenated alkanes) is 3. The van der Waals surface area contributed by atoms with E-state index in [1.807, 2.05) is 48.5 Å². The van der Waals surface area contributed by atoms with E-state index in [0.717, 1.165) is 48.8 Å². The van der Waals surface area contributed by atoms with Gasteiger partial charge in [-0.3, -0.25) is 9.59 Å². The van der Waals surface area contributed by atoms with Gasteiger partial charge in [0.1, 0.15) is 13.6 Å². The molecule has 1 aliphatic carbocycles. The topological polar surface area (TPSA) is 66.8 Å². The van der Waals surface area contributed by atoms with Gasteiger partial charge in [0, 0.05) is 29.5 Å². The zero-order valence-electron chi connectivity index (χ0n) is 22.9. The maximum Gasteiger partial charge on any atom is 0.303 e. The van der Waals surface area contributed by atoms with Gasteiger partial charge in [-0.05, 0) is 79.8 Å². The Morgan fingerprint density at radius 3 is 2.23 bits per heavy atom. The molecule has 0 heterocycles. The molecule has 0 aliphatic heterocycles. The van der Waals surface area contributed by atoms with Gasteiger partial charge >= 0.3 is 5.97 Å². The molecule has 0 bridgehead atoms. The molecule has 3 aromatic rings. The Morgan fingerprint density at radius 2 is 1.59 bits per heavy atom. The highest BCUT2D eigenvalue weighted by molar-refractivity contribution is 6.14. The number of carboxylic acids is 1. The van der Waals surface area contributed by atoms with Gasteiger partial charge in [0.2, 0.25) is 0 Å². The van der Waals surface area contributed by atoms with Crippen molar-refractivity contribution in [2.24, 2.45) is 0 Å². The van der Waals surface area contributed by atoms with E-state index in [1.165, 1.54) is 18.4 Å². The third kappa shape index (κ3) is 7.98. The number of para-hydroxylation sites is 1. The monoisotopic (exact) mass is 523 g/mol. The van der Waals surface area contributed by atoms with Crippen LogP contribution in [0.25, 0.3) is 11.1 Å². The minimum absolute atomic E-state index is 0.0741.